The maximum atomic E-state index is 14.6. The van der Waals surface area contributed by atoms with Crippen LogP contribution in [0, 0.1) is 5.82 Å². The number of nitrogens with one attached hydrogen (secondary N) is 2. The summed E-state index contributed by atoms with van der Waals surface area (Å²) < 4.78 is 80.1. The summed E-state index contributed by atoms with van der Waals surface area (Å²) in [5, 5.41) is 0. The topological polar surface area (TPSA) is 127 Å². The average molecular weight is 440 g/mol. The molecule has 0 aliphatic rings. The molecule has 14 heteroatoms. The van der Waals surface area contributed by atoms with Gasteiger partial charge in [-0.2, -0.15) is 13.2 Å². The Balaban J connectivity index is 3.00. The molecule has 0 aliphatic heterocycles. The van der Waals surface area contributed by atoms with Gasteiger partial charge in [-0.05, 0) is 12.1 Å². The summed E-state index contributed by atoms with van der Waals surface area (Å²) in [4.78, 5) is 24.9. The number of hydrogen-bond acceptors (Lipinski definition) is 5. The normalized spacial score (nSPS) is 12.1. The average Bonchev–Trinajstić information content (AvgIpc) is 2.49. The smallest absolute Gasteiger partial charge is 0.389 e. The van der Waals surface area contributed by atoms with Crippen LogP contribution in [0.1, 0.15) is 11.3 Å². The number of sulfonamides is 1. The van der Waals surface area contributed by atoms with Crippen molar-refractivity contribution in [1.29, 1.82) is 0 Å². The number of thiocarbonyl (C=S) groups is 1. The Morgan fingerprint density at radius 2 is 1.86 bits per heavy atom. The van der Waals surface area contributed by atoms with Crippen LogP contribution < -0.4 is 21.7 Å². The number of nitrogens with two attached hydrogens (primary N) is 1. The van der Waals surface area contributed by atoms with Crippen LogP contribution in [0.25, 0.3) is 11.1 Å². The largest absolute Gasteiger partial charge is 0.432 e. The monoisotopic (exact) mass is 440 g/mol. The number of rotatable bonds is 4. The minimum atomic E-state index is -5.20. The lowest BCUT2D eigenvalue weighted by molar-refractivity contribution is -0.143. The minimum Gasteiger partial charge on any atom is -0.389 e. The zero-order valence-electron chi connectivity index (χ0n) is 14.1. The second kappa shape index (κ2) is 7.01. The molecule has 0 aliphatic carbocycles. The quantitative estimate of drug-likeness (QED) is 0.479. The van der Waals surface area contributed by atoms with E-state index in [4.69, 9.17) is 5.73 Å². The molecule has 2 rings (SSSR count). The van der Waals surface area contributed by atoms with Crippen LogP contribution in [0.4, 0.5) is 23.2 Å². The Labute approximate surface area is 160 Å². The Morgan fingerprint density at radius 1 is 1.29 bits per heavy atom. The predicted octanol–water partition coefficient (Wildman–Crippen LogP) is 0.904. The van der Waals surface area contributed by atoms with Crippen molar-refractivity contribution in [2.24, 2.45) is 12.8 Å². The summed E-state index contributed by atoms with van der Waals surface area (Å²) in [6.07, 6.45) is -4.46. The Kier molecular flexibility index (Phi) is 5.40. The first-order chi connectivity index (χ1) is 12.6. The van der Waals surface area contributed by atoms with Crippen molar-refractivity contribution in [3.63, 3.8) is 0 Å². The number of anilines is 1. The molecule has 1 aromatic heterocycles. The van der Waals surface area contributed by atoms with Crippen molar-refractivity contribution in [2.75, 3.05) is 11.0 Å². The van der Waals surface area contributed by atoms with Crippen molar-refractivity contribution < 1.29 is 26.0 Å². The molecule has 4 N–H and O–H groups in total. The summed E-state index contributed by atoms with van der Waals surface area (Å²) in [6.45, 7) is 0. The molecule has 2 aromatic rings. The molecule has 1 heterocycles. The maximum absolute atomic E-state index is 14.6. The summed E-state index contributed by atoms with van der Waals surface area (Å²) in [5.41, 5.74) is -2.05. The van der Waals surface area contributed by atoms with Crippen molar-refractivity contribution in [3.8, 4) is 11.1 Å². The number of H-pyrrole nitrogens is 1. The van der Waals surface area contributed by atoms with Crippen molar-refractivity contribution in [2.45, 2.75) is 6.18 Å². The van der Waals surface area contributed by atoms with Gasteiger partial charge in [0.1, 0.15) is 16.5 Å². The van der Waals surface area contributed by atoms with Gasteiger partial charge in [-0.15, -0.1) is 0 Å². The lowest BCUT2D eigenvalue weighted by Crippen LogP contribution is -2.35. The van der Waals surface area contributed by atoms with Crippen LogP contribution in [0.3, 0.4) is 0 Å². The Bertz CT molecular complexity index is 1200. The van der Waals surface area contributed by atoms with Gasteiger partial charge >= 0.3 is 11.9 Å². The molecule has 0 saturated heterocycles. The highest BCUT2D eigenvalue weighted by molar-refractivity contribution is 7.92. The third-order valence-corrected chi connectivity index (χ3v) is 4.34. The molecular weight excluding hydrogens is 428 g/mol. The fraction of sp³-hybridized carbons (Fsp3) is 0.214. The number of halogens is 4. The minimum absolute atomic E-state index is 0.0985. The van der Waals surface area contributed by atoms with E-state index in [9.17, 15) is 35.6 Å². The zero-order chi connectivity index (χ0) is 21.6. The molecule has 0 amide bonds. The van der Waals surface area contributed by atoms with Crippen molar-refractivity contribution in [1.82, 2.24) is 9.55 Å². The van der Waals surface area contributed by atoms with Gasteiger partial charge in [-0.1, -0.05) is 12.2 Å². The fourth-order valence-electron chi connectivity index (χ4n) is 2.45. The van der Waals surface area contributed by atoms with E-state index in [2.05, 4.69) is 12.2 Å². The van der Waals surface area contributed by atoms with Gasteiger partial charge in [0.25, 0.3) is 5.56 Å². The van der Waals surface area contributed by atoms with Crippen LogP contribution in [-0.4, -0.2) is 29.2 Å². The molecule has 0 radical (unpaired) electrons. The van der Waals surface area contributed by atoms with E-state index in [1.54, 1.807) is 4.98 Å². The fourth-order valence-corrected chi connectivity index (χ4v) is 3.19. The van der Waals surface area contributed by atoms with E-state index in [0.29, 0.717) is 12.1 Å². The standard InChI is InChI=1S/C14H12F4N4O4S2/c1-22-10(14(16,17)18)9(12(23)20-13(22)24)5-4-8(21-28(2,25)26)6(11(19)27)3-7(5)15/h3-4,21H,1-2H3,(H2,19,27)(H,20,23,24). The van der Waals surface area contributed by atoms with Gasteiger partial charge in [0.15, 0.2) is 0 Å². The van der Waals surface area contributed by atoms with Gasteiger partial charge in [0.2, 0.25) is 10.0 Å². The molecule has 0 saturated carbocycles. The number of nitrogens with zero attached hydrogens (tertiary/aromatic N) is 1. The Hall–Kier alpha value is -2.74. The summed E-state index contributed by atoms with van der Waals surface area (Å²) in [5.74, 6) is -1.34. The first kappa shape index (κ1) is 21.6. The van der Waals surface area contributed by atoms with Crippen LogP contribution in [0.5, 0.6) is 0 Å². The van der Waals surface area contributed by atoms with E-state index in [1.165, 1.54) is 0 Å². The molecule has 8 nitrogen and oxygen atoms in total. The van der Waals surface area contributed by atoms with Gasteiger partial charge < -0.3 is 5.73 Å². The van der Waals surface area contributed by atoms with E-state index < -0.39 is 60.8 Å². The molecule has 1 aromatic carbocycles. The lowest BCUT2D eigenvalue weighted by atomic mass is 10.0. The third kappa shape index (κ3) is 4.22. The molecule has 0 spiro atoms. The number of benzene rings is 1. The molecule has 0 bridgehead atoms. The molecule has 0 fully saturated rings. The maximum Gasteiger partial charge on any atom is 0.432 e. The van der Waals surface area contributed by atoms with Gasteiger partial charge in [-0.25, -0.2) is 17.6 Å². The van der Waals surface area contributed by atoms with Gasteiger partial charge in [0.05, 0.1) is 17.5 Å². The second-order valence-electron chi connectivity index (χ2n) is 5.66. The van der Waals surface area contributed by atoms with E-state index in [1.807, 2.05) is 4.72 Å². The summed E-state index contributed by atoms with van der Waals surface area (Å²) in [7, 11) is -3.22. The number of aromatic nitrogens is 2. The predicted molar refractivity (Wildman–Crippen MR) is 97.1 cm³/mol. The zero-order valence-corrected chi connectivity index (χ0v) is 15.8. The number of aromatic amines is 1. The van der Waals surface area contributed by atoms with E-state index in [-0.39, 0.29) is 10.1 Å². The highest BCUT2D eigenvalue weighted by Gasteiger charge is 2.39. The van der Waals surface area contributed by atoms with Gasteiger partial charge in [-0.3, -0.25) is 19.1 Å². The van der Waals surface area contributed by atoms with Crippen LogP contribution in [-0.2, 0) is 23.2 Å². The highest BCUT2D eigenvalue weighted by atomic mass is 32.2. The van der Waals surface area contributed by atoms with E-state index in [0.717, 1.165) is 13.3 Å². The van der Waals surface area contributed by atoms with Crippen molar-refractivity contribution in [3.05, 3.63) is 50.0 Å². The van der Waals surface area contributed by atoms with Crippen LogP contribution >= 0.6 is 12.2 Å². The number of hydrogen-bond donors (Lipinski definition) is 3. The first-order valence-corrected chi connectivity index (χ1v) is 9.45. The van der Waals surface area contributed by atoms with Crippen LogP contribution in [0.2, 0.25) is 0 Å². The van der Waals surface area contributed by atoms with Gasteiger partial charge in [0, 0.05) is 18.2 Å². The number of alkyl halides is 3. The molecule has 152 valence electrons. The molecular formula is C14H12F4N4O4S2. The molecule has 0 atom stereocenters. The Morgan fingerprint density at radius 3 is 2.32 bits per heavy atom. The van der Waals surface area contributed by atoms with E-state index >= 15 is 0 Å². The SMILES string of the molecule is Cn1c(C(F)(F)F)c(-c2cc(NS(C)(=O)=O)c(C(N)=S)cc2F)c(=O)[nH]c1=O. The van der Waals surface area contributed by atoms with Crippen LogP contribution in [0.15, 0.2) is 21.7 Å². The third-order valence-electron chi connectivity index (χ3n) is 3.53. The second-order valence-corrected chi connectivity index (χ2v) is 7.84. The first-order valence-electron chi connectivity index (χ1n) is 7.15. The summed E-state index contributed by atoms with van der Waals surface area (Å²) in [6, 6.07) is 1.24. The highest BCUT2D eigenvalue weighted by Crippen LogP contribution is 2.36. The molecule has 28 heavy (non-hydrogen) atoms. The van der Waals surface area contributed by atoms with Crippen molar-refractivity contribution >= 4 is 32.9 Å². The lowest BCUT2D eigenvalue weighted by Gasteiger charge is -2.18. The molecule has 0 unspecified atom stereocenters. The summed E-state index contributed by atoms with van der Waals surface area (Å²) >= 11 is 4.69.